The van der Waals surface area contributed by atoms with Crippen molar-refractivity contribution >= 4 is 38.9 Å². The highest BCUT2D eigenvalue weighted by atomic mass is 79.9. The molecule has 1 N–H and O–H groups in total. The molecule has 0 aliphatic heterocycles. The second kappa shape index (κ2) is 5.34. The first-order valence-electron chi connectivity index (χ1n) is 5.11. The van der Waals surface area contributed by atoms with Gasteiger partial charge in [-0.2, -0.15) is 13.2 Å². The molecule has 1 amide bonds. The molecule has 0 saturated heterocycles. The molecule has 0 unspecified atom stereocenters. The average Bonchev–Trinajstić information content (AvgIpc) is 2.75. The Balaban J connectivity index is 2.27. The molecule has 7 heteroatoms. The topological polar surface area (TPSA) is 29.1 Å². The average molecular weight is 350 g/mol. The molecular weight excluding hydrogens is 343 g/mol. The van der Waals surface area contributed by atoms with Crippen LogP contribution in [0, 0.1) is 0 Å². The van der Waals surface area contributed by atoms with E-state index in [0.29, 0.717) is 4.88 Å². The van der Waals surface area contributed by atoms with Crippen molar-refractivity contribution in [3.63, 3.8) is 0 Å². The fraction of sp³-hybridized carbons (Fsp3) is 0.0833. The molecule has 2 nitrogen and oxygen atoms in total. The summed E-state index contributed by atoms with van der Waals surface area (Å²) in [5, 5.41) is 2.28. The molecule has 1 heterocycles. The predicted octanol–water partition coefficient (Wildman–Crippen LogP) is 4.78. The lowest BCUT2D eigenvalue weighted by molar-refractivity contribution is -0.136. The fourth-order valence-electron chi connectivity index (χ4n) is 1.46. The summed E-state index contributed by atoms with van der Waals surface area (Å²) in [5.41, 5.74) is -1.11. The quantitative estimate of drug-likeness (QED) is 0.830. The first-order chi connectivity index (χ1) is 8.88. The number of hydrogen-bond acceptors (Lipinski definition) is 2. The van der Waals surface area contributed by atoms with E-state index in [2.05, 4.69) is 21.2 Å². The lowest BCUT2D eigenvalue weighted by Gasteiger charge is -2.12. The van der Waals surface area contributed by atoms with E-state index in [4.69, 9.17) is 0 Å². The van der Waals surface area contributed by atoms with Crippen LogP contribution in [0.1, 0.15) is 15.2 Å². The summed E-state index contributed by atoms with van der Waals surface area (Å²) in [6.45, 7) is 0. The van der Waals surface area contributed by atoms with Crippen LogP contribution < -0.4 is 5.32 Å². The SMILES string of the molecule is O=C(Nc1ccccc1C(F)(F)F)c1ccc(Br)s1. The van der Waals surface area contributed by atoms with Crippen molar-refractivity contribution in [3.8, 4) is 0 Å². The molecule has 1 aromatic carbocycles. The van der Waals surface area contributed by atoms with Crippen molar-refractivity contribution < 1.29 is 18.0 Å². The number of para-hydroxylation sites is 1. The Morgan fingerprint density at radius 3 is 2.42 bits per heavy atom. The second-order valence-electron chi connectivity index (χ2n) is 3.60. The van der Waals surface area contributed by atoms with Gasteiger partial charge in [-0.3, -0.25) is 4.79 Å². The zero-order chi connectivity index (χ0) is 14.0. The van der Waals surface area contributed by atoms with Gasteiger partial charge in [0.2, 0.25) is 0 Å². The second-order valence-corrected chi connectivity index (χ2v) is 6.06. The highest BCUT2D eigenvalue weighted by molar-refractivity contribution is 9.11. The van der Waals surface area contributed by atoms with Crippen LogP contribution >= 0.6 is 27.3 Å². The molecule has 2 rings (SSSR count). The Morgan fingerprint density at radius 1 is 1.16 bits per heavy atom. The van der Waals surface area contributed by atoms with Crippen LogP contribution in [0.15, 0.2) is 40.2 Å². The van der Waals surface area contributed by atoms with Gasteiger partial charge in [0.1, 0.15) is 0 Å². The first-order valence-corrected chi connectivity index (χ1v) is 6.72. The summed E-state index contributed by atoms with van der Waals surface area (Å²) < 4.78 is 39.0. The van der Waals surface area contributed by atoms with Crippen molar-refractivity contribution in [2.75, 3.05) is 5.32 Å². The van der Waals surface area contributed by atoms with Gasteiger partial charge in [0.05, 0.1) is 19.9 Å². The molecule has 100 valence electrons. The van der Waals surface area contributed by atoms with Crippen molar-refractivity contribution in [1.82, 2.24) is 0 Å². The molecule has 2 aromatic rings. The number of carbonyl (C=O) groups is 1. The summed E-state index contributed by atoms with van der Waals surface area (Å²) in [7, 11) is 0. The molecule has 0 atom stereocenters. The van der Waals surface area contributed by atoms with Crippen LogP contribution in [-0.4, -0.2) is 5.91 Å². The van der Waals surface area contributed by atoms with E-state index in [9.17, 15) is 18.0 Å². The monoisotopic (exact) mass is 349 g/mol. The van der Waals surface area contributed by atoms with Crippen LogP contribution in [0.2, 0.25) is 0 Å². The van der Waals surface area contributed by atoms with E-state index >= 15 is 0 Å². The third kappa shape index (κ3) is 3.36. The minimum atomic E-state index is -4.50. The Labute approximate surface area is 119 Å². The number of hydrogen-bond donors (Lipinski definition) is 1. The van der Waals surface area contributed by atoms with E-state index in [1.807, 2.05) is 0 Å². The van der Waals surface area contributed by atoms with Gasteiger partial charge in [0.25, 0.3) is 5.91 Å². The number of benzene rings is 1. The van der Waals surface area contributed by atoms with Crippen LogP contribution in [-0.2, 0) is 6.18 Å². The molecule has 0 spiro atoms. The number of alkyl halides is 3. The van der Waals surface area contributed by atoms with Crippen molar-refractivity contribution in [2.24, 2.45) is 0 Å². The van der Waals surface area contributed by atoms with Gasteiger partial charge >= 0.3 is 6.18 Å². The number of halogens is 4. The van der Waals surface area contributed by atoms with Crippen LogP contribution in [0.25, 0.3) is 0 Å². The molecule has 19 heavy (non-hydrogen) atoms. The fourth-order valence-corrected chi connectivity index (χ4v) is 2.74. The van der Waals surface area contributed by atoms with E-state index < -0.39 is 17.6 Å². The van der Waals surface area contributed by atoms with Crippen LogP contribution in [0.4, 0.5) is 18.9 Å². The maximum absolute atomic E-state index is 12.7. The molecule has 0 fully saturated rings. The zero-order valence-corrected chi connectivity index (χ0v) is 11.7. The van der Waals surface area contributed by atoms with Gasteiger partial charge in [-0.15, -0.1) is 11.3 Å². The number of rotatable bonds is 2. The van der Waals surface area contributed by atoms with E-state index in [1.54, 1.807) is 12.1 Å². The van der Waals surface area contributed by atoms with E-state index in [0.717, 1.165) is 21.2 Å². The number of anilines is 1. The van der Waals surface area contributed by atoms with Crippen molar-refractivity contribution in [1.29, 1.82) is 0 Å². The summed E-state index contributed by atoms with van der Waals surface area (Å²) in [4.78, 5) is 12.2. The van der Waals surface area contributed by atoms with Crippen molar-refractivity contribution in [3.05, 3.63) is 50.6 Å². The molecule has 0 bridgehead atoms. The number of thiophene rings is 1. The Morgan fingerprint density at radius 2 is 1.84 bits per heavy atom. The van der Waals surface area contributed by atoms with Gasteiger partial charge in [-0.05, 0) is 40.2 Å². The molecule has 0 radical (unpaired) electrons. The van der Waals surface area contributed by atoms with Gasteiger partial charge in [-0.1, -0.05) is 12.1 Å². The van der Waals surface area contributed by atoms with Crippen molar-refractivity contribution in [2.45, 2.75) is 6.18 Å². The van der Waals surface area contributed by atoms with E-state index in [1.165, 1.54) is 18.2 Å². The summed E-state index contributed by atoms with van der Waals surface area (Å²) in [6.07, 6.45) is -4.50. The lowest BCUT2D eigenvalue weighted by Crippen LogP contribution is -2.15. The Bertz CT molecular complexity index is 609. The minimum Gasteiger partial charge on any atom is -0.321 e. The van der Waals surface area contributed by atoms with Gasteiger partial charge in [0, 0.05) is 0 Å². The summed E-state index contributed by atoms with van der Waals surface area (Å²) >= 11 is 4.34. The van der Waals surface area contributed by atoms with Gasteiger partial charge in [-0.25, -0.2) is 0 Å². The third-order valence-electron chi connectivity index (χ3n) is 2.28. The summed E-state index contributed by atoms with van der Waals surface area (Å²) in [5.74, 6) is -0.563. The van der Waals surface area contributed by atoms with Crippen LogP contribution in [0.5, 0.6) is 0 Å². The van der Waals surface area contributed by atoms with Gasteiger partial charge < -0.3 is 5.32 Å². The zero-order valence-electron chi connectivity index (χ0n) is 9.29. The minimum absolute atomic E-state index is 0.246. The normalized spacial score (nSPS) is 11.4. The first kappa shape index (κ1) is 14.1. The molecular formula is C12H7BrF3NOS. The predicted molar refractivity (Wildman–Crippen MR) is 71.4 cm³/mol. The largest absolute Gasteiger partial charge is 0.418 e. The molecule has 1 aromatic heterocycles. The lowest BCUT2D eigenvalue weighted by atomic mass is 10.1. The number of carbonyl (C=O) groups excluding carboxylic acids is 1. The number of nitrogens with one attached hydrogen (secondary N) is 1. The molecule has 0 aliphatic carbocycles. The van der Waals surface area contributed by atoms with Crippen LogP contribution in [0.3, 0.4) is 0 Å². The molecule has 0 saturated carbocycles. The highest BCUT2D eigenvalue weighted by Crippen LogP contribution is 2.35. The number of amides is 1. The summed E-state index contributed by atoms with van der Waals surface area (Å²) in [6, 6.07) is 8.08. The maximum Gasteiger partial charge on any atom is 0.418 e. The molecule has 0 aliphatic rings. The maximum atomic E-state index is 12.7. The highest BCUT2D eigenvalue weighted by Gasteiger charge is 2.33. The standard InChI is InChI=1S/C12H7BrF3NOS/c13-10-6-5-9(19-10)11(18)17-8-4-2-1-3-7(8)12(14,15)16/h1-6H,(H,17,18). The smallest absolute Gasteiger partial charge is 0.321 e. The van der Waals surface area contributed by atoms with Gasteiger partial charge in [0.15, 0.2) is 0 Å². The third-order valence-corrected chi connectivity index (χ3v) is 3.90. The Hall–Kier alpha value is -1.34. The van der Waals surface area contributed by atoms with E-state index in [-0.39, 0.29) is 5.69 Å². The Kier molecular flexibility index (Phi) is 3.96.